The maximum absolute atomic E-state index is 14.0. The molecular formula is C30H36ClN3O4S. The van der Waals surface area contributed by atoms with Crippen LogP contribution in [0.5, 0.6) is 0 Å². The molecule has 0 radical (unpaired) electrons. The van der Waals surface area contributed by atoms with E-state index in [0.29, 0.717) is 23.7 Å². The van der Waals surface area contributed by atoms with Gasteiger partial charge in [-0.05, 0) is 79.8 Å². The summed E-state index contributed by atoms with van der Waals surface area (Å²) in [5.41, 5.74) is 3.09. The van der Waals surface area contributed by atoms with E-state index >= 15 is 0 Å². The maximum Gasteiger partial charge on any atom is 0.264 e. The van der Waals surface area contributed by atoms with Crippen LogP contribution in [0.3, 0.4) is 0 Å². The van der Waals surface area contributed by atoms with E-state index in [1.807, 2.05) is 64.1 Å². The Balaban J connectivity index is 2.06. The fourth-order valence-corrected chi connectivity index (χ4v) is 5.74. The van der Waals surface area contributed by atoms with Gasteiger partial charge in [0, 0.05) is 18.1 Å². The van der Waals surface area contributed by atoms with Crippen molar-refractivity contribution < 1.29 is 18.0 Å². The van der Waals surface area contributed by atoms with Gasteiger partial charge in [-0.1, -0.05) is 61.8 Å². The first-order chi connectivity index (χ1) is 18.6. The molecule has 0 fully saturated rings. The van der Waals surface area contributed by atoms with E-state index in [9.17, 15) is 18.0 Å². The summed E-state index contributed by atoms with van der Waals surface area (Å²) in [5, 5.41) is 3.29. The number of nitrogens with one attached hydrogen (secondary N) is 1. The Bertz CT molecular complexity index is 1380. The van der Waals surface area contributed by atoms with Crippen LogP contribution in [0.2, 0.25) is 5.02 Å². The molecule has 2 amide bonds. The first-order valence-electron chi connectivity index (χ1n) is 13.0. The number of halogens is 1. The number of amides is 2. The van der Waals surface area contributed by atoms with E-state index in [1.54, 1.807) is 12.1 Å². The Morgan fingerprint density at radius 2 is 1.59 bits per heavy atom. The molecule has 1 atom stereocenters. The first kappa shape index (κ1) is 30.2. The molecule has 0 aliphatic rings. The van der Waals surface area contributed by atoms with Crippen LogP contribution in [-0.2, 0) is 26.2 Å². The van der Waals surface area contributed by atoms with Crippen LogP contribution in [0.4, 0.5) is 5.69 Å². The zero-order chi connectivity index (χ0) is 28.6. The van der Waals surface area contributed by atoms with Crippen LogP contribution >= 0.6 is 11.6 Å². The van der Waals surface area contributed by atoms with Gasteiger partial charge in [-0.25, -0.2) is 8.42 Å². The standard InChI is InChI=1S/C30H36ClN3O4S/c1-5-18-32-30(36)28(6-2)33(20-24-10-8-7-9-11-24)29(35)21-34(26-15-12-22(3)23(4)19-26)39(37,38)27-16-13-25(31)14-17-27/h7-17,19,28H,5-6,18,20-21H2,1-4H3,(H,32,36)/t28-/m1/s1. The zero-order valence-corrected chi connectivity index (χ0v) is 24.4. The van der Waals surface area contributed by atoms with Crippen LogP contribution in [0.25, 0.3) is 0 Å². The second-order valence-corrected chi connectivity index (χ2v) is 11.8. The molecule has 7 nitrogen and oxygen atoms in total. The highest BCUT2D eigenvalue weighted by atomic mass is 35.5. The minimum absolute atomic E-state index is 0.0141. The lowest BCUT2D eigenvalue weighted by atomic mass is 10.1. The van der Waals surface area contributed by atoms with Crippen molar-refractivity contribution in [2.24, 2.45) is 0 Å². The van der Waals surface area contributed by atoms with Crippen molar-refractivity contribution in [3.05, 3.63) is 94.5 Å². The van der Waals surface area contributed by atoms with Crippen LogP contribution in [0.15, 0.2) is 77.7 Å². The Morgan fingerprint density at radius 3 is 2.18 bits per heavy atom. The number of anilines is 1. The third-order valence-corrected chi connectivity index (χ3v) is 8.63. The summed E-state index contributed by atoms with van der Waals surface area (Å²) in [6, 6.07) is 19.7. The van der Waals surface area contributed by atoms with E-state index < -0.39 is 28.5 Å². The molecule has 1 N–H and O–H groups in total. The highest BCUT2D eigenvalue weighted by Gasteiger charge is 2.33. The number of sulfonamides is 1. The molecule has 3 aromatic carbocycles. The fraction of sp³-hybridized carbons (Fsp3) is 0.333. The molecule has 0 aromatic heterocycles. The summed E-state index contributed by atoms with van der Waals surface area (Å²) in [7, 11) is -4.14. The molecule has 0 spiro atoms. The van der Waals surface area contributed by atoms with Crippen molar-refractivity contribution >= 4 is 39.1 Å². The molecule has 9 heteroatoms. The predicted octanol–water partition coefficient (Wildman–Crippen LogP) is 5.49. The van der Waals surface area contributed by atoms with E-state index in [1.165, 1.54) is 29.2 Å². The summed E-state index contributed by atoms with van der Waals surface area (Å²) in [6.07, 6.45) is 1.14. The number of benzene rings is 3. The van der Waals surface area contributed by atoms with Gasteiger partial charge in [-0.15, -0.1) is 0 Å². The van der Waals surface area contributed by atoms with Gasteiger partial charge in [0.25, 0.3) is 10.0 Å². The number of nitrogens with zero attached hydrogens (tertiary/aromatic N) is 2. The van der Waals surface area contributed by atoms with Crippen molar-refractivity contribution in [3.8, 4) is 0 Å². The molecule has 0 unspecified atom stereocenters. The monoisotopic (exact) mass is 569 g/mol. The van der Waals surface area contributed by atoms with E-state index in [2.05, 4.69) is 5.32 Å². The van der Waals surface area contributed by atoms with Crippen molar-refractivity contribution in [1.82, 2.24) is 10.2 Å². The number of rotatable bonds is 12. The molecule has 0 saturated heterocycles. The Hall–Kier alpha value is -3.36. The van der Waals surface area contributed by atoms with E-state index in [-0.39, 0.29) is 17.3 Å². The number of carbonyl (C=O) groups is 2. The number of hydrogen-bond acceptors (Lipinski definition) is 4. The van der Waals surface area contributed by atoms with Crippen molar-refractivity contribution in [3.63, 3.8) is 0 Å². The second kappa shape index (κ2) is 13.6. The van der Waals surface area contributed by atoms with Gasteiger partial charge in [0.2, 0.25) is 11.8 Å². The van der Waals surface area contributed by atoms with Gasteiger partial charge >= 0.3 is 0 Å². The van der Waals surface area contributed by atoms with Crippen molar-refractivity contribution in [2.75, 3.05) is 17.4 Å². The molecule has 3 aromatic rings. The maximum atomic E-state index is 14.0. The molecule has 0 bridgehead atoms. The van der Waals surface area contributed by atoms with Gasteiger partial charge in [-0.2, -0.15) is 0 Å². The Labute approximate surface area is 236 Å². The number of carbonyl (C=O) groups excluding carboxylic acids is 2. The van der Waals surface area contributed by atoms with Crippen LogP contribution in [0.1, 0.15) is 43.4 Å². The largest absolute Gasteiger partial charge is 0.354 e. The summed E-state index contributed by atoms with van der Waals surface area (Å²) >= 11 is 6.01. The van der Waals surface area contributed by atoms with E-state index in [0.717, 1.165) is 27.4 Å². The van der Waals surface area contributed by atoms with Gasteiger partial charge in [0.1, 0.15) is 12.6 Å². The Morgan fingerprint density at radius 1 is 0.923 bits per heavy atom. The molecule has 0 aliphatic carbocycles. The summed E-state index contributed by atoms with van der Waals surface area (Å²) in [4.78, 5) is 28.6. The summed E-state index contributed by atoms with van der Waals surface area (Å²) in [5.74, 6) is -0.741. The lowest BCUT2D eigenvalue weighted by Crippen LogP contribution is -2.52. The quantitative estimate of drug-likeness (QED) is 0.313. The number of hydrogen-bond donors (Lipinski definition) is 1. The van der Waals surface area contributed by atoms with Crippen LogP contribution in [0, 0.1) is 13.8 Å². The van der Waals surface area contributed by atoms with Crippen molar-refractivity contribution in [1.29, 1.82) is 0 Å². The van der Waals surface area contributed by atoms with Gasteiger partial charge in [-0.3, -0.25) is 13.9 Å². The molecular weight excluding hydrogens is 534 g/mol. The molecule has 39 heavy (non-hydrogen) atoms. The highest BCUT2D eigenvalue weighted by Crippen LogP contribution is 2.27. The third kappa shape index (κ3) is 7.61. The van der Waals surface area contributed by atoms with E-state index in [4.69, 9.17) is 11.6 Å². The normalized spacial score (nSPS) is 12.0. The predicted molar refractivity (Wildman–Crippen MR) is 156 cm³/mol. The lowest BCUT2D eigenvalue weighted by molar-refractivity contribution is -0.140. The smallest absolute Gasteiger partial charge is 0.264 e. The highest BCUT2D eigenvalue weighted by molar-refractivity contribution is 7.92. The van der Waals surface area contributed by atoms with Crippen molar-refractivity contribution in [2.45, 2.75) is 58.0 Å². The van der Waals surface area contributed by atoms with Gasteiger partial charge in [0.05, 0.1) is 10.6 Å². The van der Waals surface area contributed by atoms with Crippen LogP contribution in [-0.4, -0.2) is 44.3 Å². The van der Waals surface area contributed by atoms with Gasteiger partial charge in [0.15, 0.2) is 0 Å². The topological polar surface area (TPSA) is 86.8 Å². The zero-order valence-electron chi connectivity index (χ0n) is 22.9. The molecule has 208 valence electrons. The fourth-order valence-electron chi connectivity index (χ4n) is 4.21. The molecule has 0 aliphatic heterocycles. The molecule has 0 saturated carbocycles. The summed E-state index contributed by atoms with van der Waals surface area (Å²) < 4.78 is 28.9. The Kier molecular flexibility index (Phi) is 10.5. The minimum Gasteiger partial charge on any atom is -0.354 e. The van der Waals surface area contributed by atoms with Crippen LogP contribution < -0.4 is 9.62 Å². The second-order valence-electron chi connectivity index (χ2n) is 9.46. The van der Waals surface area contributed by atoms with Gasteiger partial charge < -0.3 is 10.2 Å². The first-order valence-corrected chi connectivity index (χ1v) is 14.9. The summed E-state index contributed by atoms with van der Waals surface area (Å²) in [6.45, 7) is 7.80. The average Bonchev–Trinajstić information content (AvgIpc) is 2.92. The SMILES string of the molecule is CCCNC(=O)[C@@H](CC)N(Cc1ccccc1)C(=O)CN(c1ccc(C)c(C)c1)S(=O)(=O)c1ccc(Cl)cc1. The molecule has 3 rings (SSSR count). The lowest BCUT2D eigenvalue weighted by Gasteiger charge is -2.33. The minimum atomic E-state index is -4.14. The number of aryl methyl sites for hydroxylation is 2. The molecule has 0 heterocycles. The third-order valence-electron chi connectivity index (χ3n) is 6.59. The average molecular weight is 570 g/mol.